The molecule has 2 aromatic rings. The van der Waals surface area contributed by atoms with E-state index in [0.717, 1.165) is 47.1 Å². The van der Waals surface area contributed by atoms with Gasteiger partial charge in [0.15, 0.2) is 0 Å². The maximum atomic E-state index is 5.79. The quantitative estimate of drug-likeness (QED) is 0.432. The van der Waals surface area contributed by atoms with Crippen molar-refractivity contribution < 1.29 is 9.47 Å². The monoisotopic (exact) mass is 348 g/mol. The van der Waals surface area contributed by atoms with Crippen LogP contribution in [0, 0.1) is 6.92 Å². The van der Waals surface area contributed by atoms with Crippen LogP contribution < -0.4 is 9.47 Å². The Balaban J connectivity index is 2.34. The van der Waals surface area contributed by atoms with Gasteiger partial charge in [0.1, 0.15) is 11.5 Å². The molecule has 2 radical (unpaired) electrons. The van der Waals surface area contributed by atoms with Gasteiger partial charge in [0.25, 0.3) is 0 Å². The van der Waals surface area contributed by atoms with Crippen molar-refractivity contribution in [2.24, 2.45) is 0 Å². The molecule has 2 nitrogen and oxygen atoms in total. The Morgan fingerprint density at radius 3 is 2.15 bits per heavy atom. The Morgan fingerprint density at radius 2 is 1.58 bits per heavy atom. The van der Waals surface area contributed by atoms with Crippen molar-refractivity contribution in [1.29, 1.82) is 0 Å². The number of ether oxygens (including phenoxy) is 2. The van der Waals surface area contributed by atoms with Gasteiger partial charge >= 0.3 is 0 Å². The highest BCUT2D eigenvalue weighted by atomic mass is 16.5. The molecule has 0 aromatic heterocycles. The van der Waals surface area contributed by atoms with Crippen LogP contribution in [0.2, 0.25) is 6.32 Å². The van der Waals surface area contributed by atoms with E-state index in [9.17, 15) is 0 Å². The topological polar surface area (TPSA) is 18.5 Å². The summed E-state index contributed by atoms with van der Waals surface area (Å²) in [5.74, 6) is 1.88. The molecular weight excluding hydrogens is 319 g/mol. The first-order chi connectivity index (χ1) is 12.5. The minimum atomic E-state index is 0.635. The lowest BCUT2D eigenvalue weighted by Gasteiger charge is -2.18. The molecule has 0 aliphatic rings. The largest absolute Gasteiger partial charge is 0.496 e. The normalized spacial score (nSPS) is 12.5. The van der Waals surface area contributed by atoms with Gasteiger partial charge in [-0.25, -0.2) is 0 Å². The van der Waals surface area contributed by atoms with Gasteiger partial charge in [-0.15, -0.1) is 0 Å². The Kier molecular flexibility index (Phi) is 7.38. The first-order valence-electron chi connectivity index (χ1n) is 9.16. The van der Waals surface area contributed by atoms with Crippen LogP contribution in [0.15, 0.2) is 47.6 Å². The fourth-order valence-electron chi connectivity index (χ4n) is 3.30. The lowest BCUT2D eigenvalue weighted by Crippen LogP contribution is -2.00. The highest BCUT2D eigenvalue weighted by Gasteiger charge is 2.17. The van der Waals surface area contributed by atoms with E-state index < -0.39 is 0 Å². The SMILES string of the molecule is [B]C/C(C)=C/CC/C(C)=C/Cc1c(C)c(OC)c2ccccc2c1OC. The van der Waals surface area contributed by atoms with Gasteiger partial charge in [0.2, 0.25) is 0 Å². The predicted octanol–water partition coefficient (Wildman–Crippen LogP) is 5.97. The van der Waals surface area contributed by atoms with Gasteiger partial charge in [-0.05, 0) is 45.6 Å². The highest BCUT2D eigenvalue weighted by Crippen LogP contribution is 2.40. The fraction of sp³-hybridized carbons (Fsp3) is 0.391. The van der Waals surface area contributed by atoms with Gasteiger partial charge in [-0.1, -0.05) is 53.9 Å². The minimum absolute atomic E-state index is 0.635. The summed E-state index contributed by atoms with van der Waals surface area (Å²) < 4.78 is 11.5. The van der Waals surface area contributed by atoms with E-state index in [1.807, 2.05) is 12.1 Å². The third kappa shape index (κ3) is 4.52. The molecule has 0 heterocycles. The Morgan fingerprint density at radius 1 is 0.962 bits per heavy atom. The van der Waals surface area contributed by atoms with E-state index in [4.69, 9.17) is 17.3 Å². The van der Waals surface area contributed by atoms with Gasteiger partial charge in [0, 0.05) is 16.3 Å². The van der Waals surface area contributed by atoms with Crippen LogP contribution in [0.1, 0.15) is 37.8 Å². The van der Waals surface area contributed by atoms with Crippen molar-refractivity contribution in [2.45, 2.75) is 46.4 Å². The smallest absolute Gasteiger partial charge is 0.130 e. The van der Waals surface area contributed by atoms with Crippen molar-refractivity contribution >= 4 is 18.6 Å². The first-order valence-corrected chi connectivity index (χ1v) is 9.16. The summed E-state index contributed by atoms with van der Waals surface area (Å²) in [5, 5.41) is 2.19. The summed E-state index contributed by atoms with van der Waals surface area (Å²) >= 11 is 0. The van der Waals surface area contributed by atoms with Crippen LogP contribution in [0.25, 0.3) is 10.8 Å². The maximum Gasteiger partial charge on any atom is 0.130 e. The number of hydrogen-bond acceptors (Lipinski definition) is 2. The molecule has 0 bridgehead atoms. The molecule has 26 heavy (non-hydrogen) atoms. The summed E-state index contributed by atoms with van der Waals surface area (Å²) in [5.41, 5.74) is 4.95. The molecule has 136 valence electrons. The molecule has 0 spiro atoms. The first kappa shape index (κ1) is 20.2. The number of methoxy groups -OCH3 is 2. The van der Waals surface area contributed by atoms with E-state index >= 15 is 0 Å². The lowest BCUT2D eigenvalue weighted by molar-refractivity contribution is 0.404. The van der Waals surface area contributed by atoms with E-state index in [1.165, 1.54) is 16.7 Å². The standard InChI is InChI=1S/C23H29BO2/c1-16(9-8-10-17(2)15-24)13-14-19-18(3)22(25-4)20-11-6-7-12-21(20)23(19)26-5/h6-7,10-13H,8-9,14-15H2,1-5H3/b16-13+,17-10+. The number of rotatable bonds is 8. The summed E-state index contributed by atoms with van der Waals surface area (Å²) in [6.45, 7) is 6.37. The molecule has 0 unspecified atom stereocenters. The Hall–Kier alpha value is -2.16. The molecule has 0 N–H and O–H groups in total. The predicted molar refractivity (Wildman–Crippen MR) is 113 cm³/mol. The zero-order valence-electron chi connectivity index (χ0n) is 16.7. The number of allylic oxidation sites excluding steroid dienone is 4. The van der Waals surface area contributed by atoms with Gasteiger partial charge in [-0.3, -0.25) is 0 Å². The van der Waals surface area contributed by atoms with E-state index in [0.29, 0.717) is 6.32 Å². The minimum Gasteiger partial charge on any atom is -0.496 e. The summed E-state index contributed by atoms with van der Waals surface area (Å²) in [4.78, 5) is 0. The van der Waals surface area contributed by atoms with Crippen molar-refractivity contribution in [3.8, 4) is 11.5 Å². The number of benzene rings is 2. The van der Waals surface area contributed by atoms with Gasteiger partial charge in [-0.2, -0.15) is 0 Å². The van der Waals surface area contributed by atoms with Crippen LogP contribution >= 0.6 is 0 Å². The fourth-order valence-corrected chi connectivity index (χ4v) is 3.30. The lowest BCUT2D eigenvalue weighted by atomic mass is 9.95. The van der Waals surface area contributed by atoms with E-state index in [2.05, 4.69) is 45.1 Å². The molecular formula is C23H29BO2. The van der Waals surface area contributed by atoms with E-state index in [1.54, 1.807) is 14.2 Å². The Bertz CT molecular complexity index is 819. The van der Waals surface area contributed by atoms with Crippen LogP contribution in [0.5, 0.6) is 11.5 Å². The second-order valence-corrected chi connectivity index (χ2v) is 6.76. The average molecular weight is 348 g/mol. The number of hydrogen-bond donors (Lipinski definition) is 0. The van der Waals surface area contributed by atoms with Gasteiger partial charge < -0.3 is 9.47 Å². The van der Waals surface area contributed by atoms with Crippen LogP contribution in [0.4, 0.5) is 0 Å². The molecule has 0 saturated heterocycles. The zero-order valence-corrected chi connectivity index (χ0v) is 16.7. The molecule has 0 aliphatic heterocycles. The maximum absolute atomic E-state index is 5.79. The van der Waals surface area contributed by atoms with Crippen molar-refractivity contribution in [3.05, 3.63) is 58.7 Å². The molecule has 0 amide bonds. The zero-order chi connectivity index (χ0) is 19.1. The molecule has 0 saturated carbocycles. The third-order valence-electron chi connectivity index (χ3n) is 4.90. The molecule has 2 rings (SSSR count). The average Bonchev–Trinajstić information content (AvgIpc) is 2.65. The highest BCUT2D eigenvalue weighted by molar-refractivity contribution is 6.10. The van der Waals surface area contributed by atoms with E-state index in [-0.39, 0.29) is 0 Å². The van der Waals surface area contributed by atoms with Crippen molar-refractivity contribution in [1.82, 2.24) is 0 Å². The number of fused-ring (bicyclic) bond motifs is 1. The van der Waals surface area contributed by atoms with Crippen LogP contribution in [-0.4, -0.2) is 22.1 Å². The van der Waals surface area contributed by atoms with Crippen molar-refractivity contribution in [3.63, 3.8) is 0 Å². The van der Waals surface area contributed by atoms with Crippen molar-refractivity contribution in [2.75, 3.05) is 14.2 Å². The summed E-state index contributed by atoms with van der Waals surface area (Å²) in [6.07, 6.45) is 8.07. The summed E-state index contributed by atoms with van der Waals surface area (Å²) in [7, 11) is 9.11. The molecule has 0 atom stereocenters. The summed E-state index contributed by atoms with van der Waals surface area (Å²) in [6, 6.07) is 8.25. The molecule has 0 aliphatic carbocycles. The molecule has 2 aromatic carbocycles. The third-order valence-corrected chi connectivity index (χ3v) is 4.90. The second kappa shape index (κ2) is 9.52. The van der Waals surface area contributed by atoms with Gasteiger partial charge in [0.05, 0.1) is 22.1 Å². The Labute approximate surface area is 159 Å². The molecule has 3 heteroatoms. The second-order valence-electron chi connectivity index (χ2n) is 6.76. The molecule has 0 fully saturated rings. The van der Waals surface area contributed by atoms with Crippen LogP contribution in [0.3, 0.4) is 0 Å². The van der Waals surface area contributed by atoms with Crippen LogP contribution in [-0.2, 0) is 6.42 Å².